The van der Waals surface area contributed by atoms with E-state index in [9.17, 15) is 8.42 Å². The second kappa shape index (κ2) is 8.36. The molecule has 0 atom stereocenters. The van der Waals surface area contributed by atoms with Crippen molar-refractivity contribution in [1.29, 1.82) is 0 Å². The number of hydrogen-bond donors (Lipinski definition) is 1. The lowest BCUT2D eigenvalue weighted by molar-refractivity contribution is 0.600. The fourth-order valence-corrected chi connectivity index (χ4v) is 4.12. The van der Waals surface area contributed by atoms with Crippen LogP contribution >= 0.6 is 11.8 Å². The van der Waals surface area contributed by atoms with Crippen molar-refractivity contribution >= 4 is 44.0 Å². The Hall–Kier alpha value is -2.32. The number of nitrogens with zero attached hydrogens (tertiary/aromatic N) is 3. The van der Waals surface area contributed by atoms with Gasteiger partial charge < -0.3 is 0 Å². The number of benzene rings is 2. The summed E-state index contributed by atoms with van der Waals surface area (Å²) in [5.74, 6) is 0.695. The van der Waals surface area contributed by atoms with E-state index in [1.165, 1.54) is 16.1 Å². The van der Waals surface area contributed by atoms with Crippen LogP contribution in [0.4, 0.5) is 11.4 Å². The molecular formula is C20H24N4O2S2. The van der Waals surface area contributed by atoms with E-state index in [-0.39, 0.29) is 0 Å². The topological polar surface area (TPSA) is 74.1 Å². The van der Waals surface area contributed by atoms with Crippen LogP contribution in [0, 0.1) is 6.92 Å². The largest absolute Gasteiger partial charge is 0.274 e. The first-order valence-corrected chi connectivity index (χ1v) is 11.8. The molecule has 0 aliphatic carbocycles. The van der Waals surface area contributed by atoms with Crippen molar-refractivity contribution in [2.45, 2.75) is 20.3 Å². The van der Waals surface area contributed by atoms with Gasteiger partial charge in [-0.3, -0.25) is 9.73 Å². The first-order chi connectivity index (χ1) is 13.3. The van der Waals surface area contributed by atoms with Crippen molar-refractivity contribution in [3.63, 3.8) is 0 Å². The zero-order chi connectivity index (χ0) is 20.3. The molecule has 0 fully saturated rings. The minimum atomic E-state index is -3.27. The zero-order valence-electron chi connectivity index (χ0n) is 16.4. The molecule has 148 valence electrons. The number of sulfonamides is 1. The maximum Gasteiger partial charge on any atom is 0.231 e. The second-order valence-corrected chi connectivity index (χ2v) is 9.57. The molecule has 0 bridgehead atoms. The SMILES string of the molecule is CCc1cccc(C)c1N=C1NN=C(c2ccc(N(C)S(C)(=O)=O)cc2)CS1. The summed E-state index contributed by atoms with van der Waals surface area (Å²) in [6.07, 6.45) is 2.12. The van der Waals surface area contributed by atoms with Gasteiger partial charge in [-0.2, -0.15) is 5.10 Å². The molecule has 0 aromatic heterocycles. The van der Waals surface area contributed by atoms with Crippen LogP contribution in [0.5, 0.6) is 0 Å². The quantitative estimate of drug-likeness (QED) is 0.807. The normalized spacial score (nSPS) is 15.9. The summed E-state index contributed by atoms with van der Waals surface area (Å²) >= 11 is 1.61. The number of aliphatic imine (C=N–C) groups is 1. The minimum absolute atomic E-state index is 0.622. The lowest BCUT2D eigenvalue weighted by atomic mass is 10.1. The number of rotatable bonds is 5. The summed E-state index contributed by atoms with van der Waals surface area (Å²) in [7, 11) is -1.73. The van der Waals surface area contributed by atoms with E-state index < -0.39 is 10.0 Å². The Balaban J connectivity index is 1.77. The van der Waals surface area contributed by atoms with Gasteiger partial charge >= 0.3 is 0 Å². The Kier molecular flexibility index (Phi) is 6.10. The average Bonchev–Trinajstić information content (AvgIpc) is 2.69. The lowest BCUT2D eigenvalue weighted by Crippen LogP contribution is -2.26. The van der Waals surface area contributed by atoms with Gasteiger partial charge in [0.2, 0.25) is 10.0 Å². The number of aryl methyl sites for hydroxylation is 2. The summed E-state index contributed by atoms with van der Waals surface area (Å²) < 4.78 is 24.6. The molecule has 1 aliphatic rings. The van der Waals surface area contributed by atoms with Gasteiger partial charge in [-0.1, -0.05) is 49.0 Å². The van der Waals surface area contributed by atoms with Gasteiger partial charge in [-0.05, 0) is 42.2 Å². The minimum Gasteiger partial charge on any atom is -0.274 e. The van der Waals surface area contributed by atoms with Gasteiger partial charge in [0.05, 0.1) is 23.3 Å². The Morgan fingerprint density at radius 1 is 1.21 bits per heavy atom. The van der Waals surface area contributed by atoms with E-state index in [1.807, 2.05) is 12.1 Å². The Morgan fingerprint density at radius 3 is 2.50 bits per heavy atom. The van der Waals surface area contributed by atoms with Crippen LogP contribution < -0.4 is 9.73 Å². The second-order valence-electron chi connectivity index (χ2n) is 6.59. The van der Waals surface area contributed by atoms with Crippen LogP contribution in [0.25, 0.3) is 0 Å². The van der Waals surface area contributed by atoms with Gasteiger partial charge in [0.1, 0.15) is 0 Å². The Labute approximate surface area is 170 Å². The first kappa shape index (κ1) is 20.4. The molecular weight excluding hydrogens is 392 g/mol. The molecule has 1 heterocycles. The third-order valence-electron chi connectivity index (χ3n) is 4.61. The molecule has 8 heteroatoms. The molecule has 0 radical (unpaired) electrons. The summed E-state index contributed by atoms with van der Waals surface area (Å²) in [6, 6.07) is 13.6. The zero-order valence-corrected chi connectivity index (χ0v) is 18.1. The highest BCUT2D eigenvalue weighted by molar-refractivity contribution is 8.14. The molecule has 2 aromatic rings. The number of amidine groups is 1. The smallest absolute Gasteiger partial charge is 0.231 e. The summed E-state index contributed by atoms with van der Waals surface area (Å²) in [5, 5.41) is 5.25. The molecule has 0 saturated carbocycles. The molecule has 1 aliphatic heterocycles. The van der Waals surface area contributed by atoms with Crippen LogP contribution in [-0.2, 0) is 16.4 Å². The highest BCUT2D eigenvalue weighted by atomic mass is 32.2. The summed E-state index contributed by atoms with van der Waals surface area (Å²) in [5.41, 5.74) is 8.90. The molecule has 2 aromatic carbocycles. The Morgan fingerprint density at radius 2 is 1.93 bits per heavy atom. The molecule has 6 nitrogen and oxygen atoms in total. The molecule has 28 heavy (non-hydrogen) atoms. The third kappa shape index (κ3) is 4.56. The number of thioether (sulfide) groups is 1. The fraction of sp³-hybridized carbons (Fsp3) is 0.300. The molecule has 0 unspecified atom stereocenters. The first-order valence-electron chi connectivity index (χ1n) is 8.96. The third-order valence-corrected chi connectivity index (χ3v) is 6.69. The van der Waals surface area contributed by atoms with E-state index in [0.717, 1.165) is 34.1 Å². The van der Waals surface area contributed by atoms with E-state index >= 15 is 0 Å². The van der Waals surface area contributed by atoms with Gasteiger partial charge in [-0.25, -0.2) is 13.4 Å². The maximum absolute atomic E-state index is 11.6. The van der Waals surface area contributed by atoms with E-state index in [1.54, 1.807) is 30.9 Å². The molecule has 0 spiro atoms. The van der Waals surface area contributed by atoms with Crippen molar-refractivity contribution in [2.75, 3.05) is 23.4 Å². The van der Waals surface area contributed by atoms with Crippen LogP contribution in [0.15, 0.2) is 52.6 Å². The molecule has 3 rings (SSSR count). The number of anilines is 1. The van der Waals surface area contributed by atoms with Crippen LogP contribution in [0.3, 0.4) is 0 Å². The average molecular weight is 417 g/mol. The monoisotopic (exact) mass is 416 g/mol. The van der Waals surface area contributed by atoms with Crippen molar-refractivity contribution in [3.05, 3.63) is 59.2 Å². The van der Waals surface area contributed by atoms with Crippen molar-refractivity contribution in [2.24, 2.45) is 10.1 Å². The van der Waals surface area contributed by atoms with E-state index in [2.05, 4.69) is 42.6 Å². The standard InChI is InChI=1S/C20H24N4O2S2/c1-5-15-8-6-7-14(2)19(15)21-20-23-22-18(13-27-20)16-9-11-17(12-10-16)24(3)28(4,25)26/h6-12H,5,13H2,1-4H3,(H,21,23). The predicted octanol–water partition coefficient (Wildman–Crippen LogP) is 3.68. The van der Waals surface area contributed by atoms with Crippen molar-refractivity contribution in [3.8, 4) is 0 Å². The fourth-order valence-electron chi connectivity index (χ4n) is 2.84. The number of hydrogen-bond acceptors (Lipinski definition) is 5. The number of para-hydroxylation sites is 1. The highest BCUT2D eigenvalue weighted by Crippen LogP contribution is 2.27. The summed E-state index contributed by atoms with van der Waals surface area (Å²) in [4.78, 5) is 4.77. The van der Waals surface area contributed by atoms with Crippen molar-refractivity contribution < 1.29 is 8.42 Å². The number of hydrazone groups is 1. The summed E-state index contributed by atoms with van der Waals surface area (Å²) in [6.45, 7) is 4.19. The highest BCUT2D eigenvalue weighted by Gasteiger charge is 2.16. The van der Waals surface area contributed by atoms with E-state index in [0.29, 0.717) is 11.4 Å². The predicted molar refractivity (Wildman–Crippen MR) is 119 cm³/mol. The van der Waals surface area contributed by atoms with Gasteiger partial charge in [0.25, 0.3) is 0 Å². The molecule has 0 amide bonds. The van der Waals surface area contributed by atoms with Gasteiger partial charge in [-0.15, -0.1) is 0 Å². The number of nitrogens with one attached hydrogen (secondary N) is 1. The van der Waals surface area contributed by atoms with Crippen LogP contribution in [0.2, 0.25) is 0 Å². The maximum atomic E-state index is 11.6. The Bertz CT molecular complexity index is 1030. The van der Waals surface area contributed by atoms with Crippen molar-refractivity contribution in [1.82, 2.24) is 5.43 Å². The van der Waals surface area contributed by atoms with Crippen LogP contribution in [-0.4, -0.2) is 38.4 Å². The van der Waals surface area contributed by atoms with Gasteiger partial charge in [0.15, 0.2) is 5.17 Å². The van der Waals surface area contributed by atoms with E-state index in [4.69, 9.17) is 4.99 Å². The van der Waals surface area contributed by atoms with Crippen LogP contribution in [0.1, 0.15) is 23.6 Å². The lowest BCUT2D eigenvalue weighted by Gasteiger charge is -2.18. The van der Waals surface area contributed by atoms with Gasteiger partial charge in [0, 0.05) is 12.8 Å². The molecule has 1 N–H and O–H groups in total. The molecule has 0 saturated heterocycles.